The number of ether oxygens (including phenoxy) is 1. The van der Waals surface area contributed by atoms with Gasteiger partial charge in [0.15, 0.2) is 5.16 Å². The van der Waals surface area contributed by atoms with E-state index in [0.29, 0.717) is 21.7 Å². The fraction of sp³-hybridized carbons (Fsp3) is 0.238. The molecule has 3 aromatic rings. The van der Waals surface area contributed by atoms with Gasteiger partial charge in [-0.2, -0.15) is 0 Å². The van der Waals surface area contributed by atoms with Gasteiger partial charge in [0, 0.05) is 12.7 Å². The molecular weight excluding hydrogens is 390 g/mol. The Balaban J connectivity index is 1.81. The second-order valence-electron chi connectivity index (χ2n) is 6.18. The highest BCUT2D eigenvalue weighted by Gasteiger charge is 2.21. The summed E-state index contributed by atoms with van der Waals surface area (Å²) in [5.74, 6) is -0.741. The number of anilines is 1. The summed E-state index contributed by atoms with van der Waals surface area (Å²) in [4.78, 5) is 43.3. The van der Waals surface area contributed by atoms with Crippen LogP contribution in [0.2, 0.25) is 0 Å². The van der Waals surface area contributed by atoms with Crippen LogP contribution in [0.5, 0.6) is 0 Å². The highest BCUT2D eigenvalue weighted by Crippen LogP contribution is 2.20. The largest absolute Gasteiger partial charge is 0.465 e. The molecule has 3 rings (SSSR count). The molecule has 8 heteroatoms. The first-order valence-corrected chi connectivity index (χ1v) is 10.1. The highest BCUT2D eigenvalue weighted by atomic mass is 32.2. The molecule has 0 aliphatic heterocycles. The first-order chi connectivity index (χ1) is 14.0. The van der Waals surface area contributed by atoms with E-state index in [0.717, 1.165) is 11.8 Å². The standard InChI is InChI=1S/C21H21N3O4S/c1-3-28-19(26)13-24(15-9-5-4-6-10-15)18(25)14-29-21-22-17-12-8-7-11-16(17)20(27)23(21)2/h4-12H,3,13-14H2,1-2H3. The number of carbonyl (C=O) groups excluding carboxylic acids is 2. The van der Waals surface area contributed by atoms with Gasteiger partial charge in [-0.15, -0.1) is 0 Å². The van der Waals surface area contributed by atoms with Crippen LogP contribution in [0.1, 0.15) is 6.92 Å². The van der Waals surface area contributed by atoms with Gasteiger partial charge < -0.3 is 9.64 Å². The molecular formula is C21H21N3O4S. The van der Waals surface area contributed by atoms with E-state index >= 15 is 0 Å². The van der Waals surface area contributed by atoms with Crippen molar-refractivity contribution in [2.24, 2.45) is 7.05 Å². The molecule has 150 valence electrons. The van der Waals surface area contributed by atoms with Crippen molar-refractivity contribution in [3.8, 4) is 0 Å². The van der Waals surface area contributed by atoms with Crippen molar-refractivity contribution in [2.45, 2.75) is 12.1 Å². The number of nitrogens with zero attached hydrogens (tertiary/aromatic N) is 3. The van der Waals surface area contributed by atoms with Gasteiger partial charge in [0.1, 0.15) is 6.54 Å². The Morgan fingerprint density at radius 3 is 2.52 bits per heavy atom. The first kappa shape index (κ1) is 20.6. The SMILES string of the molecule is CCOC(=O)CN(C(=O)CSc1nc2ccccc2c(=O)n1C)c1ccccc1. The molecule has 0 spiro atoms. The molecule has 0 unspecified atom stereocenters. The van der Waals surface area contributed by atoms with Crippen LogP contribution in [0.3, 0.4) is 0 Å². The van der Waals surface area contributed by atoms with E-state index in [9.17, 15) is 14.4 Å². The molecule has 2 aromatic carbocycles. The average molecular weight is 411 g/mol. The number of carbonyl (C=O) groups is 2. The van der Waals surface area contributed by atoms with Gasteiger partial charge in [-0.1, -0.05) is 42.1 Å². The third-order valence-corrected chi connectivity index (χ3v) is 5.24. The number of para-hydroxylation sites is 2. The zero-order chi connectivity index (χ0) is 20.8. The molecule has 1 heterocycles. The summed E-state index contributed by atoms with van der Waals surface area (Å²) in [5, 5.41) is 0.963. The van der Waals surface area contributed by atoms with E-state index in [-0.39, 0.29) is 30.4 Å². The van der Waals surface area contributed by atoms with Crippen LogP contribution in [0.15, 0.2) is 64.5 Å². The molecule has 0 radical (unpaired) electrons. The number of esters is 1. The number of rotatable bonds is 7. The summed E-state index contributed by atoms with van der Waals surface area (Å²) in [6.45, 7) is 1.78. The fourth-order valence-electron chi connectivity index (χ4n) is 2.80. The Morgan fingerprint density at radius 2 is 1.79 bits per heavy atom. The maximum Gasteiger partial charge on any atom is 0.326 e. The minimum atomic E-state index is -0.481. The summed E-state index contributed by atoms with van der Waals surface area (Å²) >= 11 is 1.16. The van der Waals surface area contributed by atoms with Crippen LogP contribution >= 0.6 is 11.8 Å². The molecule has 29 heavy (non-hydrogen) atoms. The van der Waals surface area contributed by atoms with E-state index in [1.807, 2.05) is 12.1 Å². The summed E-state index contributed by atoms with van der Waals surface area (Å²) in [5.41, 5.74) is 1.01. The van der Waals surface area contributed by atoms with Gasteiger partial charge in [0.2, 0.25) is 5.91 Å². The van der Waals surface area contributed by atoms with Crippen molar-refractivity contribution in [1.82, 2.24) is 9.55 Å². The first-order valence-electron chi connectivity index (χ1n) is 9.11. The summed E-state index contributed by atoms with van der Waals surface area (Å²) < 4.78 is 6.42. The fourth-order valence-corrected chi connectivity index (χ4v) is 3.65. The molecule has 0 N–H and O–H groups in total. The van der Waals surface area contributed by atoms with Crippen molar-refractivity contribution in [2.75, 3.05) is 23.8 Å². The minimum Gasteiger partial charge on any atom is -0.465 e. The Morgan fingerprint density at radius 1 is 1.10 bits per heavy atom. The Kier molecular flexibility index (Phi) is 6.66. The summed E-state index contributed by atoms with van der Waals surface area (Å²) in [7, 11) is 1.63. The predicted octanol–water partition coefficient (Wildman–Crippen LogP) is 2.62. The lowest BCUT2D eigenvalue weighted by molar-refractivity contribution is -0.142. The number of amides is 1. The highest BCUT2D eigenvalue weighted by molar-refractivity contribution is 7.99. The topological polar surface area (TPSA) is 81.5 Å². The summed E-state index contributed by atoms with van der Waals surface area (Å²) in [6, 6.07) is 16.0. The van der Waals surface area contributed by atoms with E-state index < -0.39 is 5.97 Å². The van der Waals surface area contributed by atoms with Crippen LogP contribution in [-0.4, -0.2) is 40.3 Å². The maximum atomic E-state index is 12.9. The van der Waals surface area contributed by atoms with Crippen molar-refractivity contribution in [3.05, 3.63) is 65.0 Å². The second-order valence-corrected chi connectivity index (χ2v) is 7.13. The normalized spacial score (nSPS) is 10.7. The lowest BCUT2D eigenvalue weighted by atomic mass is 10.2. The van der Waals surface area contributed by atoms with Crippen LogP contribution < -0.4 is 10.5 Å². The number of benzene rings is 2. The van der Waals surface area contributed by atoms with Crippen molar-refractivity contribution < 1.29 is 14.3 Å². The van der Waals surface area contributed by atoms with E-state index in [4.69, 9.17) is 4.74 Å². The monoisotopic (exact) mass is 411 g/mol. The van der Waals surface area contributed by atoms with Crippen molar-refractivity contribution >= 4 is 40.2 Å². The van der Waals surface area contributed by atoms with Crippen molar-refractivity contribution in [3.63, 3.8) is 0 Å². The predicted molar refractivity (Wildman–Crippen MR) is 113 cm³/mol. The van der Waals surface area contributed by atoms with Gasteiger partial charge in [-0.3, -0.25) is 19.0 Å². The molecule has 1 amide bonds. The molecule has 7 nitrogen and oxygen atoms in total. The van der Waals surface area contributed by atoms with Crippen LogP contribution in [0, 0.1) is 0 Å². The molecule has 1 aromatic heterocycles. The second kappa shape index (κ2) is 9.38. The Hall–Kier alpha value is -3.13. The van der Waals surface area contributed by atoms with Gasteiger partial charge in [-0.05, 0) is 31.2 Å². The van der Waals surface area contributed by atoms with E-state index in [2.05, 4.69) is 4.98 Å². The van der Waals surface area contributed by atoms with E-state index in [1.165, 1.54) is 9.47 Å². The lowest BCUT2D eigenvalue weighted by Gasteiger charge is -2.21. The third kappa shape index (κ3) is 4.83. The number of hydrogen-bond acceptors (Lipinski definition) is 6. The Labute approximate surface area is 172 Å². The van der Waals surface area contributed by atoms with Gasteiger partial charge in [0.25, 0.3) is 5.56 Å². The van der Waals surface area contributed by atoms with Gasteiger partial charge >= 0.3 is 5.97 Å². The van der Waals surface area contributed by atoms with Gasteiger partial charge in [-0.25, -0.2) is 4.98 Å². The Bertz CT molecular complexity index is 1080. The zero-order valence-corrected chi connectivity index (χ0v) is 17.0. The minimum absolute atomic E-state index is 0.0208. The smallest absolute Gasteiger partial charge is 0.326 e. The lowest BCUT2D eigenvalue weighted by Crippen LogP contribution is -2.38. The zero-order valence-electron chi connectivity index (χ0n) is 16.2. The van der Waals surface area contributed by atoms with Crippen LogP contribution in [0.4, 0.5) is 5.69 Å². The molecule has 0 saturated carbocycles. The molecule has 0 fully saturated rings. The molecule has 0 aliphatic carbocycles. The number of hydrogen-bond donors (Lipinski definition) is 0. The summed E-state index contributed by atoms with van der Waals surface area (Å²) in [6.07, 6.45) is 0. The number of fused-ring (bicyclic) bond motifs is 1. The van der Waals surface area contributed by atoms with E-state index in [1.54, 1.807) is 56.4 Å². The van der Waals surface area contributed by atoms with Crippen LogP contribution in [-0.2, 0) is 21.4 Å². The maximum absolute atomic E-state index is 12.9. The average Bonchev–Trinajstić information content (AvgIpc) is 2.74. The quantitative estimate of drug-likeness (QED) is 0.338. The number of thioether (sulfide) groups is 1. The van der Waals surface area contributed by atoms with Crippen LogP contribution in [0.25, 0.3) is 10.9 Å². The van der Waals surface area contributed by atoms with Gasteiger partial charge in [0.05, 0.1) is 23.3 Å². The third-order valence-electron chi connectivity index (χ3n) is 4.23. The molecule has 0 bridgehead atoms. The number of aromatic nitrogens is 2. The molecule has 0 atom stereocenters. The van der Waals surface area contributed by atoms with Crippen molar-refractivity contribution in [1.29, 1.82) is 0 Å². The molecule has 0 saturated heterocycles. The molecule has 0 aliphatic rings.